The van der Waals surface area contributed by atoms with Crippen LogP contribution in [0.2, 0.25) is 0 Å². The third-order valence-electron chi connectivity index (χ3n) is 3.17. The summed E-state index contributed by atoms with van der Waals surface area (Å²) in [7, 11) is 0. The second-order valence-electron chi connectivity index (χ2n) is 4.72. The fourth-order valence-electron chi connectivity index (χ4n) is 1.93. The summed E-state index contributed by atoms with van der Waals surface area (Å²) in [5.41, 5.74) is -0.582. The molecule has 1 aliphatic heterocycles. The van der Waals surface area contributed by atoms with E-state index in [0.717, 1.165) is 26.2 Å². The lowest BCUT2D eigenvalue weighted by atomic mass is 10.0. The zero-order chi connectivity index (χ0) is 13.0. The largest absolute Gasteiger partial charge is 0.314 e. The van der Waals surface area contributed by atoms with Crippen LogP contribution in [0.15, 0.2) is 12.4 Å². The van der Waals surface area contributed by atoms with Gasteiger partial charge in [0.05, 0.1) is 17.9 Å². The fourth-order valence-corrected chi connectivity index (χ4v) is 1.93. The third-order valence-corrected chi connectivity index (χ3v) is 3.17. The summed E-state index contributed by atoms with van der Waals surface area (Å²) in [6, 6.07) is 0. The van der Waals surface area contributed by atoms with E-state index in [-0.39, 0.29) is 11.9 Å². The van der Waals surface area contributed by atoms with Gasteiger partial charge in [0, 0.05) is 26.2 Å². The zero-order valence-corrected chi connectivity index (χ0v) is 10.7. The summed E-state index contributed by atoms with van der Waals surface area (Å²) >= 11 is 0. The number of hydrogen-bond acceptors (Lipinski definition) is 6. The number of amides is 1. The van der Waals surface area contributed by atoms with Gasteiger partial charge in [-0.3, -0.25) is 15.0 Å². The Labute approximate surface area is 106 Å². The Balaban J connectivity index is 2.02. The first-order chi connectivity index (χ1) is 8.60. The van der Waals surface area contributed by atoms with Crippen molar-refractivity contribution in [1.82, 2.24) is 25.4 Å². The predicted octanol–water partition coefficient (Wildman–Crippen LogP) is -0.506. The molecule has 18 heavy (non-hydrogen) atoms. The quantitative estimate of drug-likeness (QED) is 0.752. The van der Waals surface area contributed by atoms with Crippen LogP contribution in [0.5, 0.6) is 0 Å². The van der Waals surface area contributed by atoms with E-state index < -0.39 is 5.54 Å². The summed E-state index contributed by atoms with van der Waals surface area (Å²) in [6.07, 6.45) is 2.97. The van der Waals surface area contributed by atoms with Crippen molar-refractivity contribution in [3.63, 3.8) is 0 Å². The van der Waals surface area contributed by atoms with Crippen molar-refractivity contribution in [3.8, 4) is 0 Å². The first-order valence-corrected chi connectivity index (χ1v) is 6.01. The van der Waals surface area contributed by atoms with Crippen LogP contribution < -0.4 is 10.6 Å². The first kappa shape index (κ1) is 12.8. The molecule has 0 unspecified atom stereocenters. The maximum Gasteiger partial charge on any atom is 0.249 e. The molecule has 1 fully saturated rings. The average molecular weight is 250 g/mol. The molecule has 0 radical (unpaired) electrons. The molecule has 1 aliphatic rings. The Kier molecular flexibility index (Phi) is 3.83. The van der Waals surface area contributed by atoms with Gasteiger partial charge in [0.1, 0.15) is 0 Å². The molecule has 0 aliphatic carbocycles. The van der Waals surface area contributed by atoms with Crippen LogP contribution in [0.1, 0.15) is 13.8 Å². The molecule has 1 saturated heterocycles. The smallest absolute Gasteiger partial charge is 0.249 e. The number of carbonyl (C=O) groups is 1. The Hall–Kier alpha value is -1.60. The van der Waals surface area contributed by atoms with Gasteiger partial charge < -0.3 is 5.32 Å². The summed E-state index contributed by atoms with van der Waals surface area (Å²) in [4.78, 5) is 18.3. The van der Waals surface area contributed by atoms with Gasteiger partial charge in [0.25, 0.3) is 0 Å². The van der Waals surface area contributed by atoms with Gasteiger partial charge >= 0.3 is 0 Å². The molecule has 1 aromatic heterocycles. The highest BCUT2D eigenvalue weighted by Crippen LogP contribution is 2.16. The van der Waals surface area contributed by atoms with E-state index in [1.165, 1.54) is 12.4 Å². The minimum Gasteiger partial charge on any atom is -0.314 e. The molecule has 0 aromatic carbocycles. The first-order valence-electron chi connectivity index (χ1n) is 6.01. The van der Waals surface area contributed by atoms with Gasteiger partial charge in [-0.05, 0) is 13.8 Å². The van der Waals surface area contributed by atoms with Crippen molar-refractivity contribution in [2.75, 3.05) is 31.5 Å². The van der Waals surface area contributed by atoms with Crippen LogP contribution in [0.4, 0.5) is 5.95 Å². The Morgan fingerprint density at radius 3 is 2.72 bits per heavy atom. The highest BCUT2D eigenvalue weighted by molar-refractivity contribution is 5.96. The van der Waals surface area contributed by atoms with Gasteiger partial charge in [-0.15, -0.1) is 5.10 Å². The molecule has 0 saturated carbocycles. The summed E-state index contributed by atoms with van der Waals surface area (Å²) < 4.78 is 0. The van der Waals surface area contributed by atoms with Crippen LogP contribution in [-0.4, -0.2) is 57.7 Å². The number of nitrogens with one attached hydrogen (secondary N) is 2. The zero-order valence-electron chi connectivity index (χ0n) is 10.7. The lowest BCUT2D eigenvalue weighted by Gasteiger charge is -2.39. The lowest BCUT2D eigenvalue weighted by molar-refractivity contribution is -0.126. The topological polar surface area (TPSA) is 83.0 Å². The Morgan fingerprint density at radius 2 is 2.11 bits per heavy atom. The number of rotatable bonds is 3. The molecular formula is C11H18N6O. The van der Waals surface area contributed by atoms with Crippen LogP contribution in [-0.2, 0) is 4.79 Å². The van der Waals surface area contributed by atoms with Crippen molar-refractivity contribution in [2.24, 2.45) is 0 Å². The van der Waals surface area contributed by atoms with E-state index in [1.807, 2.05) is 13.8 Å². The predicted molar refractivity (Wildman–Crippen MR) is 67.0 cm³/mol. The summed E-state index contributed by atoms with van der Waals surface area (Å²) in [6.45, 7) is 7.33. The van der Waals surface area contributed by atoms with E-state index >= 15 is 0 Å². The highest BCUT2D eigenvalue weighted by Gasteiger charge is 2.35. The molecule has 7 heteroatoms. The maximum absolute atomic E-state index is 12.3. The van der Waals surface area contributed by atoms with Crippen molar-refractivity contribution in [2.45, 2.75) is 19.4 Å². The van der Waals surface area contributed by atoms with E-state index in [9.17, 15) is 4.79 Å². The highest BCUT2D eigenvalue weighted by atomic mass is 16.2. The fraction of sp³-hybridized carbons (Fsp3) is 0.636. The van der Waals surface area contributed by atoms with Gasteiger partial charge in [-0.2, -0.15) is 5.10 Å². The molecule has 2 N–H and O–H groups in total. The van der Waals surface area contributed by atoms with Crippen molar-refractivity contribution in [1.29, 1.82) is 0 Å². The van der Waals surface area contributed by atoms with Crippen molar-refractivity contribution < 1.29 is 4.79 Å². The molecular weight excluding hydrogens is 232 g/mol. The standard InChI is InChI=1S/C11H18N6O/c1-11(2,17-7-5-12-6-8-17)9(18)15-10-13-3-4-14-16-10/h3-4,12H,5-8H2,1-2H3,(H,13,15,16,18). The van der Waals surface area contributed by atoms with Gasteiger partial charge in [-0.1, -0.05) is 0 Å². The SMILES string of the molecule is CC(C)(C(=O)Nc1nccnn1)N1CCNCC1. The molecule has 2 rings (SSSR count). The average Bonchev–Trinajstić information content (AvgIpc) is 2.41. The molecule has 2 heterocycles. The van der Waals surface area contributed by atoms with Crippen LogP contribution in [0.25, 0.3) is 0 Å². The molecule has 0 bridgehead atoms. The molecule has 98 valence electrons. The van der Waals surface area contributed by atoms with Crippen molar-refractivity contribution in [3.05, 3.63) is 12.4 Å². The van der Waals surface area contributed by atoms with Crippen molar-refractivity contribution >= 4 is 11.9 Å². The number of anilines is 1. The molecule has 0 spiro atoms. The third kappa shape index (κ3) is 2.80. The summed E-state index contributed by atoms with van der Waals surface area (Å²) in [5.74, 6) is 0.128. The number of aromatic nitrogens is 3. The molecule has 0 atom stereocenters. The van der Waals surface area contributed by atoms with E-state index in [2.05, 4.69) is 30.7 Å². The number of nitrogens with zero attached hydrogens (tertiary/aromatic N) is 4. The van der Waals surface area contributed by atoms with Crippen LogP contribution in [0.3, 0.4) is 0 Å². The van der Waals surface area contributed by atoms with E-state index in [1.54, 1.807) is 0 Å². The second-order valence-corrected chi connectivity index (χ2v) is 4.72. The van der Waals surface area contributed by atoms with Gasteiger partial charge in [0.2, 0.25) is 11.9 Å². The minimum atomic E-state index is -0.582. The Morgan fingerprint density at radius 1 is 1.39 bits per heavy atom. The minimum absolute atomic E-state index is 0.114. The normalized spacial score (nSPS) is 17.4. The summed E-state index contributed by atoms with van der Waals surface area (Å²) in [5, 5.41) is 13.4. The molecule has 1 aromatic rings. The number of carbonyl (C=O) groups excluding carboxylic acids is 1. The monoisotopic (exact) mass is 250 g/mol. The van der Waals surface area contributed by atoms with Crippen LogP contribution >= 0.6 is 0 Å². The number of piperazine rings is 1. The van der Waals surface area contributed by atoms with Gasteiger partial charge in [0.15, 0.2) is 0 Å². The van der Waals surface area contributed by atoms with Gasteiger partial charge in [-0.25, -0.2) is 4.98 Å². The number of hydrogen-bond donors (Lipinski definition) is 2. The molecule has 7 nitrogen and oxygen atoms in total. The molecule has 1 amide bonds. The second kappa shape index (κ2) is 5.36. The van der Waals surface area contributed by atoms with E-state index in [0.29, 0.717) is 0 Å². The Bertz CT molecular complexity index is 401. The lowest BCUT2D eigenvalue weighted by Crippen LogP contribution is -2.58. The van der Waals surface area contributed by atoms with Crippen LogP contribution in [0, 0.1) is 0 Å². The maximum atomic E-state index is 12.3. The van der Waals surface area contributed by atoms with E-state index in [4.69, 9.17) is 0 Å².